The first-order chi connectivity index (χ1) is 15.5. The van der Waals surface area contributed by atoms with Gasteiger partial charge in [-0.05, 0) is 37.3 Å². The summed E-state index contributed by atoms with van der Waals surface area (Å²) < 4.78 is 16.4. The lowest BCUT2D eigenvalue weighted by molar-refractivity contribution is -0.140. The maximum Gasteiger partial charge on any atom is 0.295 e. The van der Waals surface area contributed by atoms with E-state index >= 15 is 0 Å². The van der Waals surface area contributed by atoms with Crippen LogP contribution in [0.15, 0.2) is 66.8 Å². The molecule has 1 saturated heterocycles. The van der Waals surface area contributed by atoms with Crippen LogP contribution < -0.4 is 9.47 Å². The van der Waals surface area contributed by atoms with Crippen LogP contribution in [-0.2, 0) is 14.3 Å². The topological polar surface area (TPSA) is 85.3 Å². The van der Waals surface area contributed by atoms with Gasteiger partial charge in [0.15, 0.2) is 0 Å². The first-order valence-corrected chi connectivity index (χ1v) is 10.4. The molecule has 32 heavy (non-hydrogen) atoms. The van der Waals surface area contributed by atoms with Gasteiger partial charge < -0.3 is 24.2 Å². The molecule has 1 atom stereocenters. The molecule has 0 aromatic heterocycles. The van der Waals surface area contributed by atoms with E-state index in [1.807, 2.05) is 13.0 Å². The zero-order valence-corrected chi connectivity index (χ0v) is 18.2. The van der Waals surface area contributed by atoms with Crippen LogP contribution in [0.4, 0.5) is 0 Å². The highest BCUT2D eigenvalue weighted by Crippen LogP contribution is 2.42. The van der Waals surface area contributed by atoms with Gasteiger partial charge in [-0.15, -0.1) is 0 Å². The van der Waals surface area contributed by atoms with Gasteiger partial charge in [0.1, 0.15) is 23.9 Å². The zero-order chi connectivity index (χ0) is 23.1. The minimum atomic E-state index is -0.801. The molecule has 1 unspecified atom stereocenters. The Bertz CT molecular complexity index is 1010. The van der Waals surface area contributed by atoms with Crippen molar-refractivity contribution < 1.29 is 28.9 Å². The Morgan fingerprint density at radius 1 is 1.12 bits per heavy atom. The van der Waals surface area contributed by atoms with Crippen LogP contribution >= 0.6 is 0 Å². The van der Waals surface area contributed by atoms with Gasteiger partial charge in [0.2, 0.25) is 0 Å². The van der Waals surface area contributed by atoms with E-state index in [9.17, 15) is 14.7 Å². The van der Waals surface area contributed by atoms with Crippen molar-refractivity contribution in [3.05, 3.63) is 77.9 Å². The van der Waals surface area contributed by atoms with Gasteiger partial charge >= 0.3 is 0 Å². The van der Waals surface area contributed by atoms with E-state index in [2.05, 4.69) is 6.58 Å². The van der Waals surface area contributed by atoms with Gasteiger partial charge in [-0.25, -0.2) is 0 Å². The number of amides is 1. The lowest BCUT2D eigenvalue weighted by Crippen LogP contribution is -2.32. The Kier molecular flexibility index (Phi) is 7.68. The molecule has 0 bridgehead atoms. The van der Waals surface area contributed by atoms with Crippen LogP contribution in [0.5, 0.6) is 11.5 Å². The van der Waals surface area contributed by atoms with E-state index in [-0.39, 0.29) is 24.5 Å². The fraction of sp³-hybridized carbons (Fsp3) is 0.280. The van der Waals surface area contributed by atoms with E-state index in [0.717, 1.165) is 0 Å². The van der Waals surface area contributed by atoms with Crippen molar-refractivity contribution in [1.82, 2.24) is 4.90 Å². The zero-order valence-electron chi connectivity index (χ0n) is 18.2. The summed E-state index contributed by atoms with van der Waals surface area (Å²) in [4.78, 5) is 27.3. The van der Waals surface area contributed by atoms with Crippen molar-refractivity contribution in [2.75, 3.05) is 33.5 Å². The Morgan fingerprint density at radius 3 is 2.50 bits per heavy atom. The summed E-state index contributed by atoms with van der Waals surface area (Å²) in [5.74, 6) is -0.550. The largest absolute Gasteiger partial charge is 0.507 e. The van der Waals surface area contributed by atoms with Gasteiger partial charge in [-0.1, -0.05) is 30.9 Å². The van der Waals surface area contributed by atoms with Gasteiger partial charge in [0, 0.05) is 24.8 Å². The molecule has 0 spiro atoms. The van der Waals surface area contributed by atoms with Crippen molar-refractivity contribution in [3.8, 4) is 11.5 Å². The molecule has 2 aromatic carbocycles. The second-order valence-corrected chi connectivity index (χ2v) is 7.08. The molecule has 2 aromatic rings. The summed E-state index contributed by atoms with van der Waals surface area (Å²) in [6.07, 6.45) is 1.63. The number of ketones is 1. The number of aliphatic hydroxyl groups excluding tert-OH is 1. The molecule has 7 nitrogen and oxygen atoms in total. The number of hydrogen-bond acceptors (Lipinski definition) is 6. The number of aliphatic hydroxyl groups is 1. The molecule has 3 rings (SSSR count). The summed E-state index contributed by atoms with van der Waals surface area (Å²) in [5, 5.41) is 11.1. The maximum absolute atomic E-state index is 13.0. The fourth-order valence-corrected chi connectivity index (χ4v) is 3.64. The minimum Gasteiger partial charge on any atom is -0.507 e. The van der Waals surface area contributed by atoms with E-state index in [1.54, 1.807) is 48.5 Å². The second-order valence-electron chi connectivity index (χ2n) is 7.08. The minimum absolute atomic E-state index is 0.0121. The van der Waals surface area contributed by atoms with Crippen LogP contribution in [0.2, 0.25) is 0 Å². The third-order valence-electron chi connectivity index (χ3n) is 5.09. The van der Waals surface area contributed by atoms with Crippen molar-refractivity contribution >= 4 is 17.4 Å². The predicted octanol–water partition coefficient (Wildman–Crippen LogP) is 3.72. The summed E-state index contributed by atoms with van der Waals surface area (Å²) in [6.45, 7) is 6.67. The van der Waals surface area contributed by atoms with Crippen molar-refractivity contribution in [1.29, 1.82) is 0 Å². The second kappa shape index (κ2) is 10.6. The summed E-state index contributed by atoms with van der Waals surface area (Å²) >= 11 is 0. The Labute approximate surface area is 187 Å². The van der Waals surface area contributed by atoms with Crippen LogP contribution in [0, 0.1) is 0 Å². The Morgan fingerprint density at radius 2 is 1.84 bits per heavy atom. The Balaban J connectivity index is 2.11. The van der Waals surface area contributed by atoms with Crippen molar-refractivity contribution in [2.24, 2.45) is 0 Å². The maximum atomic E-state index is 13.0. The monoisotopic (exact) mass is 437 g/mol. The molecular formula is C25H27NO6. The number of hydrogen-bond donors (Lipinski definition) is 1. The highest BCUT2D eigenvalue weighted by Gasteiger charge is 2.46. The average Bonchev–Trinajstić information content (AvgIpc) is 3.06. The van der Waals surface area contributed by atoms with E-state index in [0.29, 0.717) is 35.8 Å². The number of nitrogens with zero attached hydrogens (tertiary/aromatic N) is 1. The van der Waals surface area contributed by atoms with Crippen LogP contribution in [0.1, 0.15) is 24.1 Å². The molecule has 0 radical (unpaired) electrons. The molecule has 1 amide bonds. The molecule has 1 fully saturated rings. The van der Waals surface area contributed by atoms with E-state index < -0.39 is 17.7 Å². The number of likely N-dealkylation sites (tertiary alicyclic amines) is 1. The van der Waals surface area contributed by atoms with Crippen molar-refractivity contribution in [3.63, 3.8) is 0 Å². The summed E-state index contributed by atoms with van der Waals surface area (Å²) in [5.41, 5.74) is 1.04. The smallest absolute Gasteiger partial charge is 0.295 e. The van der Waals surface area contributed by atoms with Gasteiger partial charge in [-0.2, -0.15) is 0 Å². The molecule has 1 aliphatic heterocycles. The van der Waals surface area contributed by atoms with Crippen LogP contribution in [-0.4, -0.2) is 55.2 Å². The number of benzene rings is 2. The van der Waals surface area contributed by atoms with Crippen LogP contribution in [0.25, 0.3) is 5.76 Å². The SMILES string of the molecule is C=CCOc1ccc(/C(O)=C2\C(=O)C(=O)N(CCOC)C2c2ccccc2OCC)cc1. The molecule has 1 heterocycles. The number of ether oxygens (including phenoxy) is 3. The standard InChI is InChI=1S/C25H27NO6/c1-4-15-32-18-12-10-17(11-13-18)23(27)21-22(19-8-6-7-9-20(19)31-5-2)26(14-16-30-3)25(29)24(21)28/h4,6-13,22,27H,1,5,14-16H2,2-3H3/b23-21+. The molecule has 168 valence electrons. The predicted molar refractivity (Wildman–Crippen MR) is 121 cm³/mol. The number of methoxy groups -OCH3 is 1. The Hall–Kier alpha value is -3.58. The lowest BCUT2D eigenvalue weighted by Gasteiger charge is -2.26. The average molecular weight is 437 g/mol. The number of carbonyl (C=O) groups is 2. The molecule has 7 heteroatoms. The third-order valence-corrected chi connectivity index (χ3v) is 5.09. The number of carbonyl (C=O) groups excluding carboxylic acids is 2. The van der Waals surface area contributed by atoms with Gasteiger partial charge in [-0.3, -0.25) is 9.59 Å². The van der Waals surface area contributed by atoms with Crippen LogP contribution in [0.3, 0.4) is 0 Å². The molecular weight excluding hydrogens is 410 g/mol. The molecule has 0 saturated carbocycles. The van der Waals surface area contributed by atoms with Gasteiger partial charge in [0.05, 0.1) is 24.8 Å². The highest BCUT2D eigenvalue weighted by molar-refractivity contribution is 6.46. The number of para-hydroxylation sites is 1. The highest BCUT2D eigenvalue weighted by atomic mass is 16.5. The molecule has 1 N–H and O–H groups in total. The lowest BCUT2D eigenvalue weighted by atomic mass is 9.94. The summed E-state index contributed by atoms with van der Waals surface area (Å²) in [6, 6.07) is 13.0. The fourth-order valence-electron chi connectivity index (χ4n) is 3.64. The summed E-state index contributed by atoms with van der Waals surface area (Å²) in [7, 11) is 1.52. The number of rotatable bonds is 10. The molecule has 0 aliphatic carbocycles. The number of Topliss-reactive ketones (excluding diaryl/α,β-unsaturated/α-hetero) is 1. The van der Waals surface area contributed by atoms with Gasteiger partial charge in [0.25, 0.3) is 11.7 Å². The third kappa shape index (κ3) is 4.68. The van der Waals surface area contributed by atoms with E-state index in [4.69, 9.17) is 14.2 Å². The normalized spacial score (nSPS) is 17.4. The molecule has 1 aliphatic rings. The first-order valence-electron chi connectivity index (χ1n) is 10.4. The quantitative estimate of drug-likeness (QED) is 0.264. The first kappa shape index (κ1) is 23.1. The van der Waals surface area contributed by atoms with Crippen molar-refractivity contribution in [2.45, 2.75) is 13.0 Å². The van der Waals surface area contributed by atoms with E-state index in [1.165, 1.54) is 12.0 Å².